The number of H-pyrrole nitrogens is 1. The average Bonchev–Trinajstić information content (AvgIpc) is 3.23. The van der Waals surface area contributed by atoms with Crippen LogP contribution in [0.5, 0.6) is 5.75 Å². The van der Waals surface area contributed by atoms with Crippen LogP contribution in [0.25, 0.3) is 5.69 Å². The van der Waals surface area contributed by atoms with Gasteiger partial charge in [-0.05, 0) is 36.4 Å². The van der Waals surface area contributed by atoms with E-state index >= 15 is 0 Å². The number of rotatable bonds is 3. The molecular formula is C18H15FN4O3. The fraction of sp³-hybridized carbons (Fsp3) is 0.111. The molecule has 0 saturated carbocycles. The summed E-state index contributed by atoms with van der Waals surface area (Å²) in [7, 11) is 0. The number of ether oxygens (including phenoxy) is 1. The molecular weight excluding hydrogens is 339 g/mol. The number of hydrogen-bond acceptors (Lipinski definition) is 3. The molecule has 1 atom stereocenters. The fourth-order valence-corrected chi connectivity index (χ4v) is 2.87. The normalized spacial score (nSPS) is 15.2. The number of hydrogen-bond donors (Lipinski definition) is 3. The number of halogens is 1. The maximum atomic E-state index is 13.9. The summed E-state index contributed by atoms with van der Waals surface area (Å²) in [6.07, 6.45) is 1.61. The Balaban J connectivity index is 1.42. The van der Waals surface area contributed by atoms with Crippen molar-refractivity contribution in [2.24, 2.45) is 0 Å². The summed E-state index contributed by atoms with van der Waals surface area (Å²) >= 11 is 0. The number of carbonyl (C=O) groups is 1. The number of urea groups is 1. The van der Waals surface area contributed by atoms with Gasteiger partial charge in [0.1, 0.15) is 18.2 Å². The minimum absolute atomic E-state index is 0.184. The lowest BCUT2D eigenvalue weighted by atomic mass is 10.1. The van der Waals surface area contributed by atoms with Crippen LogP contribution in [0.2, 0.25) is 0 Å². The van der Waals surface area contributed by atoms with Gasteiger partial charge in [0.05, 0.1) is 17.3 Å². The largest absolute Gasteiger partial charge is 0.491 e. The number of aromatic nitrogens is 2. The Morgan fingerprint density at radius 1 is 1.19 bits per heavy atom. The average molecular weight is 354 g/mol. The molecule has 4 rings (SSSR count). The van der Waals surface area contributed by atoms with Gasteiger partial charge in [0.2, 0.25) is 0 Å². The van der Waals surface area contributed by atoms with Crippen molar-refractivity contribution in [2.75, 3.05) is 11.9 Å². The third-order valence-corrected chi connectivity index (χ3v) is 4.08. The number of nitrogens with zero attached hydrogens (tertiary/aromatic N) is 1. The minimum Gasteiger partial charge on any atom is -0.491 e. The number of fused-ring (bicyclic) bond motifs is 1. The molecule has 1 unspecified atom stereocenters. The van der Waals surface area contributed by atoms with E-state index in [-0.39, 0.29) is 12.2 Å². The highest BCUT2D eigenvalue weighted by atomic mass is 19.1. The predicted octanol–water partition coefficient (Wildman–Crippen LogP) is 2.56. The highest BCUT2D eigenvalue weighted by molar-refractivity contribution is 5.89. The monoisotopic (exact) mass is 354 g/mol. The molecule has 0 aliphatic carbocycles. The van der Waals surface area contributed by atoms with Gasteiger partial charge in [-0.15, -0.1) is 0 Å². The standard InChI is InChI=1S/C18H15FN4O3/c19-13-2-1-3-15-17(13)14(10-26-15)21-18(25)20-11-4-6-12(7-5-11)23-9-8-16(24)22-23/h1-9,14H,10H2,(H,22,24)(H2,20,21,25). The third kappa shape index (κ3) is 3.04. The molecule has 0 bridgehead atoms. The molecule has 3 aromatic rings. The molecule has 0 fully saturated rings. The number of aromatic amines is 1. The second kappa shape index (κ2) is 6.40. The molecule has 3 N–H and O–H groups in total. The van der Waals surface area contributed by atoms with Crippen molar-refractivity contribution < 1.29 is 13.9 Å². The number of anilines is 1. The van der Waals surface area contributed by atoms with E-state index in [1.807, 2.05) is 0 Å². The number of benzene rings is 2. The van der Waals surface area contributed by atoms with Crippen molar-refractivity contribution in [3.63, 3.8) is 0 Å². The van der Waals surface area contributed by atoms with E-state index in [1.165, 1.54) is 12.1 Å². The molecule has 2 amide bonds. The maximum absolute atomic E-state index is 13.9. The topological polar surface area (TPSA) is 88.2 Å². The van der Waals surface area contributed by atoms with Crippen LogP contribution in [-0.2, 0) is 0 Å². The predicted molar refractivity (Wildman–Crippen MR) is 93.2 cm³/mol. The van der Waals surface area contributed by atoms with Gasteiger partial charge in [-0.25, -0.2) is 9.18 Å². The summed E-state index contributed by atoms with van der Waals surface area (Å²) in [5.74, 6) is 0.0377. The van der Waals surface area contributed by atoms with Crippen molar-refractivity contribution >= 4 is 11.7 Å². The summed E-state index contributed by atoms with van der Waals surface area (Å²) in [6, 6.07) is 11.9. The van der Waals surface area contributed by atoms with E-state index in [4.69, 9.17) is 4.74 Å². The Kier molecular flexibility index (Phi) is 3.92. The highest BCUT2D eigenvalue weighted by Gasteiger charge is 2.28. The summed E-state index contributed by atoms with van der Waals surface area (Å²) in [5.41, 5.74) is 1.47. The van der Waals surface area contributed by atoms with Gasteiger partial charge in [-0.1, -0.05) is 6.07 Å². The minimum atomic E-state index is -0.546. The molecule has 132 valence electrons. The summed E-state index contributed by atoms with van der Waals surface area (Å²) < 4.78 is 20.9. The van der Waals surface area contributed by atoms with Crippen LogP contribution < -0.4 is 20.9 Å². The van der Waals surface area contributed by atoms with Gasteiger partial charge in [0.15, 0.2) is 0 Å². The molecule has 7 nitrogen and oxygen atoms in total. The molecule has 1 aliphatic rings. The molecule has 8 heteroatoms. The maximum Gasteiger partial charge on any atom is 0.319 e. The first-order valence-electron chi connectivity index (χ1n) is 7.97. The smallest absolute Gasteiger partial charge is 0.319 e. The first kappa shape index (κ1) is 15.9. The van der Waals surface area contributed by atoms with Gasteiger partial charge in [-0.3, -0.25) is 14.6 Å². The van der Waals surface area contributed by atoms with Crippen LogP contribution >= 0.6 is 0 Å². The van der Waals surface area contributed by atoms with Gasteiger partial charge >= 0.3 is 6.03 Å². The molecule has 1 aromatic heterocycles. The van der Waals surface area contributed by atoms with E-state index in [0.29, 0.717) is 17.0 Å². The molecule has 0 saturated heterocycles. The van der Waals surface area contributed by atoms with Crippen molar-refractivity contribution in [2.45, 2.75) is 6.04 Å². The summed E-state index contributed by atoms with van der Waals surface area (Å²) in [6.45, 7) is 0.184. The van der Waals surface area contributed by atoms with E-state index in [9.17, 15) is 14.0 Å². The first-order valence-corrected chi connectivity index (χ1v) is 7.97. The van der Waals surface area contributed by atoms with Crippen LogP contribution in [-0.4, -0.2) is 22.4 Å². The fourth-order valence-electron chi connectivity index (χ4n) is 2.87. The van der Waals surface area contributed by atoms with Crippen LogP contribution in [0.15, 0.2) is 59.5 Å². The van der Waals surface area contributed by atoms with E-state index in [1.54, 1.807) is 47.3 Å². The first-order chi connectivity index (χ1) is 12.6. The lowest BCUT2D eigenvalue weighted by molar-refractivity contribution is 0.243. The zero-order chi connectivity index (χ0) is 18.1. The second-order valence-electron chi connectivity index (χ2n) is 5.82. The Hall–Kier alpha value is -3.55. The van der Waals surface area contributed by atoms with Gasteiger partial charge in [0, 0.05) is 18.0 Å². The second-order valence-corrected chi connectivity index (χ2v) is 5.82. The van der Waals surface area contributed by atoms with Crippen molar-refractivity contribution in [3.05, 3.63) is 76.5 Å². The molecule has 2 heterocycles. The molecule has 1 aliphatic heterocycles. The van der Waals surface area contributed by atoms with E-state index < -0.39 is 17.9 Å². The molecule has 26 heavy (non-hydrogen) atoms. The Bertz CT molecular complexity index is 1010. The van der Waals surface area contributed by atoms with Crippen molar-refractivity contribution in [3.8, 4) is 11.4 Å². The Morgan fingerprint density at radius 3 is 2.73 bits per heavy atom. The number of carbonyl (C=O) groups excluding carboxylic acids is 1. The van der Waals surface area contributed by atoms with Crippen LogP contribution in [0.1, 0.15) is 11.6 Å². The lowest BCUT2D eigenvalue weighted by Gasteiger charge is -2.13. The Morgan fingerprint density at radius 2 is 2.00 bits per heavy atom. The van der Waals surface area contributed by atoms with Crippen LogP contribution in [0, 0.1) is 5.82 Å². The van der Waals surface area contributed by atoms with Crippen molar-refractivity contribution in [1.82, 2.24) is 15.1 Å². The molecule has 2 aromatic carbocycles. The lowest BCUT2D eigenvalue weighted by Crippen LogP contribution is -2.33. The van der Waals surface area contributed by atoms with Gasteiger partial charge < -0.3 is 15.4 Å². The zero-order valence-electron chi connectivity index (χ0n) is 13.5. The molecule has 0 spiro atoms. The SMILES string of the molecule is O=C(Nc1ccc(-n2ccc(=O)[nH]2)cc1)NC1COc2cccc(F)c21. The zero-order valence-corrected chi connectivity index (χ0v) is 13.5. The van der Waals surface area contributed by atoms with Crippen molar-refractivity contribution in [1.29, 1.82) is 0 Å². The molecule has 0 radical (unpaired) electrons. The third-order valence-electron chi connectivity index (χ3n) is 4.08. The Labute approximate surface area is 147 Å². The number of nitrogens with one attached hydrogen (secondary N) is 3. The van der Waals surface area contributed by atoms with Gasteiger partial charge in [-0.2, -0.15) is 0 Å². The quantitative estimate of drug-likeness (QED) is 0.675. The van der Waals surface area contributed by atoms with E-state index in [2.05, 4.69) is 15.7 Å². The summed E-state index contributed by atoms with van der Waals surface area (Å²) in [4.78, 5) is 23.4. The van der Waals surface area contributed by atoms with Crippen LogP contribution in [0.3, 0.4) is 0 Å². The van der Waals surface area contributed by atoms with E-state index in [0.717, 1.165) is 5.69 Å². The number of amides is 2. The summed E-state index contributed by atoms with van der Waals surface area (Å²) in [5, 5.41) is 8.03. The van der Waals surface area contributed by atoms with Gasteiger partial charge in [0.25, 0.3) is 5.56 Å². The highest BCUT2D eigenvalue weighted by Crippen LogP contribution is 2.34. The van der Waals surface area contributed by atoms with Crippen LogP contribution in [0.4, 0.5) is 14.9 Å².